The third-order valence-corrected chi connectivity index (χ3v) is 7.07. The highest BCUT2D eigenvalue weighted by Crippen LogP contribution is 2.35. The number of pyridine rings is 1. The molecule has 1 fully saturated rings. The van der Waals surface area contributed by atoms with Crippen LogP contribution in [0.25, 0.3) is 10.9 Å². The van der Waals surface area contributed by atoms with Crippen molar-refractivity contribution in [3.8, 4) is 17.6 Å². The molecule has 0 radical (unpaired) electrons. The van der Waals surface area contributed by atoms with Crippen LogP contribution in [0.4, 0.5) is 5.69 Å². The number of nitrogens with zero attached hydrogens (tertiary/aromatic N) is 3. The average molecular weight is 548 g/mol. The standard InChI is InChI=1S/C26H26N4O3S.2ClH/c1-17-10-18(15-30-6-2-3-7-30)4-5-21(17)28-25(31)16-34-26-20(14-27)11-19-12-23-24(13-22(19)29-26)33-9-8-32-23;;/h4-5,10-13H,2-3,6-9,15-16H2,1H3,(H,28,31);2*1H. The monoisotopic (exact) mass is 546 g/mol. The maximum Gasteiger partial charge on any atom is 0.234 e. The first kappa shape index (κ1) is 27.9. The number of carbonyl (C=O) groups is 1. The Morgan fingerprint density at radius 3 is 2.53 bits per heavy atom. The van der Waals surface area contributed by atoms with E-state index < -0.39 is 0 Å². The summed E-state index contributed by atoms with van der Waals surface area (Å²) in [4.78, 5) is 19.8. The highest BCUT2D eigenvalue weighted by atomic mass is 35.5. The minimum atomic E-state index is -0.131. The lowest BCUT2D eigenvalue weighted by Crippen LogP contribution is -2.19. The highest BCUT2D eigenvalue weighted by molar-refractivity contribution is 8.00. The lowest BCUT2D eigenvalue weighted by Gasteiger charge is -2.19. The van der Waals surface area contributed by atoms with Gasteiger partial charge in [-0.25, -0.2) is 4.98 Å². The number of halogens is 2. The molecule has 0 saturated carbocycles. The second-order valence-corrected chi connectivity index (χ2v) is 9.57. The van der Waals surface area contributed by atoms with Crippen molar-refractivity contribution < 1.29 is 14.3 Å². The Morgan fingerprint density at radius 2 is 1.83 bits per heavy atom. The largest absolute Gasteiger partial charge is 0.486 e. The minimum Gasteiger partial charge on any atom is -0.486 e. The van der Waals surface area contributed by atoms with Crippen LogP contribution in [0, 0.1) is 18.3 Å². The van der Waals surface area contributed by atoms with Crippen molar-refractivity contribution in [1.82, 2.24) is 9.88 Å². The Labute approximate surface area is 227 Å². The number of nitriles is 1. The first-order valence-electron chi connectivity index (χ1n) is 11.5. The van der Waals surface area contributed by atoms with Gasteiger partial charge in [0.05, 0.1) is 16.8 Å². The first-order valence-corrected chi connectivity index (χ1v) is 12.5. The quantitative estimate of drug-likeness (QED) is 0.416. The van der Waals surface area contributed by atoms with Gasteiger partial charge in [0, 0.05) is 23.7 Å². The molecular formula is C26H28Cl2N4O3S. The summed E-state index contributed by atoms with van der Waals surface area (Å²) in [6.45, 7) is 6.28. The summed E-state index contributed by atoms with van der Waals surface area (Å²) in [6, 6.07) is 13.8. The van der Waals surface area contributed by atoms with Gasteiger partial charge in [-0.1, -0.05) is 23.9 Å². The third kappa shape index (κ3) is 6.34. The lowest BCUT2D eigenvalue weighted by molar-refractivity contribution is -0.113. The van der Waals surface area contributed by atoms with E-state index in [0.717, 1.165) is 36.3 Å². The molecule has 7 nitrogen and oxygen atoms in total. The number of nitrogens with one attached hydrogen (secondary N) is 1. The van der Waals surface area contributed by atoms with Crippen LogP contribution in [0.15, 0.2) is 41.4 Å². The highest BCUT2D eigenvalue weighted by Gasteiger charge is 2.17. The van der Waals surface area contributed by atoms with Crippen LogP contribution in [0.2, 0.25) is 0 Å². The van der Waals surface area contributed by atoms with Crippen LogP contribution in [0.5, 0.6) is 11.5 Å². The van der Waals surface area contributed by atoms with Crippen molar-refractivity contribution in [2.24, 2.45) is 0 Å². The summed E-state index contributed by atoms with van der Waals surface area (Å²) in [6.07, 6.45) is 2.55. The van der Waals surface area contributed by atoms with Gasteiger partial charge in [0.15, 0.2) is 11.5 Å². The zero-order chi connectivity index (χ0) is 23.5. The van der Waals surface area contributed by atoms with E-state index in [0.29, 0.717) is 40.8 Å². The maximum absolute atomic E-state index is 12.7. The van der Waals surface area contributed by atoms with E-state index in [-0.39, 0.29) is 36.5 Å². The van der Waals surface area contributed by atoms with E-state index >= 15 is 0 Å². The van der Waals surface area contributed by atoms with Crippen LogP contribution in [-0.2, 0) is 11.3 Å². The molecule has 1 amide bonds. The van der Waals surface area contributed by atoms with E-state index in [4.69, 9.17) is 9.47 Å². The second kappa shape index (κ2) is 12.5. The van der Waals surface area contributed by atoms with Gasteiger partial charge in [0.25, 0.3) is 0 Å². The van der Waals surface area contributed by atoms with E-state index in [1.807, 2.05) is 25.1 Å². The molecule has 36 heavy (non-hydrogen) atoms. The summed E-state index contributed by atoms with van der Waals surface area (Å²) in [5.74, 6) is 1.33. The van der Waals surface area contributed by atoms with Gasteiger partial charge >= 0.3 is 0 Å². The Morgan fingerprint density at radius 1 is 1.11 bits per heavy atom. The second-order valence-electron chi connectivity index (χ2n) is 8.61. The molecule has 0 unspecified atom stereocenters. The first-order chi connectivity index (χ1) is 16.6. The minimum absolute atomic E-state index is 0. The number of carbonyl (C=O) groups excluding carboxylic acids is 1. The predicted molar refractivity (Wildman–Crippen MR) is 147 cm³/mol. The van der Waals surface area contributed by atoms with E-state index in [1.54, 1.807) is 6.07 Å². The summed E-state index contributed by atoms with van der Waals surface area (Å²) in [7, 11) is 0. The number of rotatable bonds is 6. The molecule has 0 atom stereocenters. The molecular weight excluding hydrogens is 519 g/mol. The van der Waals surface area contributed by atoms with Crippen molar-refractivity contribution >= 4 is 59.1 Å². The normalized spacial score (nSPS) is 14.4. The number of thioether (sulfide) groups is 1. The van der Waals surface area contributed by atoms with Crippen LogP contribution in [0.3, 0.4) is 0 Å². The SMILES string of the molecule is Cc1cc(CN2CCCC2)ccc1NC(=O)CSc1nc2cc3c(cc2cc1C#N)OCCO3.Cl.Cl. The topological polar surface area (TPSA) is 87.5 Å². The molecule has 2 aliphatic heterocycles. The zero-order valence-electron chi connectivity index (χ0n) is 19.9. The van der Waals surface area contributed by atoms with Gasteiger partial charge < -0.3 is 14.8 Å². The molecule has 10 heteroatoms. The number of aryl methyl sites for hydroxylation is 1. The van der Waals surface area contributed by atoms with Crippen LogP contribution in [-0.4, -0.2) is 47.8 Å². The Balaban J connectivity index is 0.00000180. The molecule has 1 aromatic heterocycles. The molecule has 0 aliphatic carbocycles. The smallest absolute Gasteiger partial charge is 0.234 e. The Hall–Kier alpha value is -2.70. The van der Waals surface area contributed by atoms with Gasteiger partial charge in [-0.3, -0.25) is 9.69 Å². The van der Waals surface area contributed by atoms with Gasteiger partial charge in [-0.05, 0) is 62.2 Å². The van der Waals surface area contributed by atoms with Crippen molar-refractivity contribution in [2.45, 2.75) is 31.3 Å². The molecule has 190 valence electrons. The van der Waals surface area contributed by atoms with Crippen molar-refractivity contribution in [3.63, 3.8) is 0 Å². The van der Waals surface area contributed by atoms with E-state index in [2.05, 4.69) is 33.4 Å². The number of hydrogen-bond donors (Lipinski definition) is 1. The summed E-state index contributed by atoms with van der Waals surface area (Å²) in [5, 5.41) is 13.9. The van der Waals surface area contributed by atoms with Gasteiger partial charge in [0.2, 0.25) is 5.91 Å². The van der Waals surface area contributed by atoms with Gasteiger partial charge in [-0.2, -0.15) is 5.26 Å². The maximum atomic E-state index is 12.7. The number of fused-ring (bicyclic) bond motifs is 2. The molecule has 1 N–H and O–H groups in total. The number of benzene rings is 2. The van der Waals surface area contributed by atoms with Crippen LogP contribution >= 0.6 is 36.6 Å². The van der Waals surface area contributed by atoms with E-state index in [1.165, 1.54) is 30.2 Å². The molecule has 0 bridgehead atoms. The number of amides is 1. The number of anilines is 1. The van der Waals surface area contributed by atoms with Crippen LogP contribution in [0.1, 0.15) is 29.5 Å². The molecule has 3 aromatic rings. The number of likely N-dealkylation sites (tertiary alicyclic amines) is 1. The summed E-state index contributed by atoms with van der Waals surface area (Å²) < 4.78 is 11.3. The van der Waals surface area contributed by atoms with Crippen LogP contribution < -0.4 is 14.8 Å². The van der Waals surface area contributed by atoms with Crippen molar-refractivity contribution in [3.05, 3.63) is 53.1 Å². The molecule has 1 saturated heterocycles. The molecule has 2 aromatic carbocycles. The number of ether oxygens (including phenoxy) is 2. The fourth-order valence-corrected chi connectivity index (χ4v) is 5.13. The molecule has 2 aliphatic rings. The molecule has 5 rings (SSSR count). The van der Waals surface area contributed by atoms with E-state index in [9.17, 15) is 10.1 Å². The fourth-order valence-electron chi connectivity index (χ4n) is 4.37. The van der Waals surface area contributed by atoms with Gasteiger partial charge in [0.1, 0.15) is 24.3 Å². The Kier molecular flexibility index (Phi) is 9.69. The zero-order valence-corrected chi connectivity index (χ0v) is 22.4. The number of aromatic nitrogens is 1. The van der Waals surface area contributed by atoms with Crippen molar-refractivity contribution in [2.75, 3.05) is 37.4 Å². The Bertz CT molecular complexity index is 1290. The summed E-state index contributed by atoms with van der Waals surface area (Å²) >= 11 is 1.26. The number of hydrogen-bond acceptors (Lipinski definition) is 7. The predicted octanol–water partition coefficient (Wildman–Crippen LogP) is 5.36. The van der Waals surface area contributed by atoms with Crippen molar-refractivity contribution in [1.29, 1.82) is 5.26 Å². The lowest BCUT2D eigenvalue weighted by atomic mass is 10.1. The molecule has 3 heterocycles. The fraction of sp³-hybridized carbons (Fsp3) is 0.346. The third-order valence-electron chi connectivity index (χ3n) is 6.07. The average Bonchev–Trinajstić information content (AvgIpc) is 3.35. The van der Waals surface area contributed by atoms with Gasteiger partial charge in [-0.15, -0.1) is 24.8 Å². The summed E-state index contributed by atoms with van der Waals surface area (Å²) in [5.41, 5.74) is 4.26. The molecule has 0 spiro atoms.